The molecule has 0 saturated carbocycles. The molecule has 100 valence electrons. The molecule has 0 aliphatic rings. The molecular weight excluding hydrogens is 259 g/mol. The molecule has 0 amide bonds. The Morgan fingerprint density at radius 2 is 1.90 bits per heavy atom. The smallest absolute Gasteiger partial charge is 0.250 e. The van der Waals surface area contributed by atoms with E-state index < -0.39 is 11.9 Å². The summed E-state index contributed by atoms with van der Waals surface area (Å²) < 4.78 is 19.0. The van der Waals surface area contributed by atoms with Gasteiger partial charge >= 0.3 is 0 Å². The molecule has 20 heavy (non-hydrogen) atoms. The van der Waals surface area contributed by atoms with Crippen molar-refractivity contribution in [2.24, 2.45) is 5.73 Å². The second-order valence-electron chi connectivity index (χ2n) is 4.19. The normalized spacial score (nSPS) is 12.3. The zero-order chi connectivity index (χ0) is 13.9. The Morgan fingerprint density at radius 1 is 1.10 bits per heavy atom. The minimum atomic E-state index is -0.539. The summed E-state index contributed by atoms with van der Waals surface area (Å²) in [6.07, 6.45) is 2.55. The molecule has 3 aromatic rings. The lowest BCUT2D eigenvalue weighted by Gasteiger charge is -2.06. The fraction of sp³-hybridized carbons (Fsp3) is 0.0714. The quantitative estimate of drug-likeness (QED) is 0.790. The van der Waals surface area contributed by atoms with Crippen molar-refractivity contribution in [2.45, 2.75) is 6.04 Å². The van der Waals surface area contributed by atoms with E-state index in [0.29, 0.717) is 0 Å². The lowest BCUT2D eigenvalue weighted by atomic mass is 10.1. The largest absolute Gasteiger partial charge is 0.418 e. The van der Waals surface area contributed by atoms with Gasteiger partial charge in [0, 0.05) is 6.20 Å². The molecule has 5 nitrogen and oxygen atoms in total. The summed E-state index contributed by atoms with van der Waals surface area (Å²) in [5, 5.41) is 7.71. The summed E-state index contributed by atoms with van der Waals surface area (Å²) in [5.41, 5.74) is 7.10. The van der Waals surface area contributed by atoms with E-state index >= 15 is 0 Å². The zero-order valence-corrected chi connectivity index (χ0v) is 10.4. The number of benzene rings is 1. The van der Waals surface area contributed by atoms with Crippen LogP contribution in [0.3, 0.4) is 0 Å². The van der Waals surface area contributed by atoms with Gasteiger partial charge in [0.15, 0.2) is 5.82 Å². The number of hydrogen-bond acceptors (Lipinski definition) is 5. The summed E-state index contributed by atoms with van der Waals surface area (Å²) in [6, 6.07) is 10.3. The molecule has 0 spiro atoms. The lowest BCUT2D eigenvalue weighted by molar-refractivity contribution is 0.481. The minimum absolute atomic E-state index is 0.0891. The summed E-state index contributed by atoms with van der Waals surface area (Å²) in [4.78, 5) is 3.67. The second-order valence-corrected chi connectivity index (χ2v) is 4.19. The Morgan fingerprint density at radius 3 is 2.65 bits per heavy atom. The van der Waals surface area contributed by atoms with Crippen molar-refractivity contribution in [3.8, 4) is 11.5 Å². The Hall–Kier alpha value is -2.60. The van der Waals surface area contributed by atoms with Crippen LogP contribution in [0.2, 0.25) is 0 Å². The first kappa shape index (κ1) is 12.4. The van der Waals surface area contributed by atoms with Gasteiger partial charge in [0.05, 0.1) is 11.8 Å². The molecule has 0 saturated heterocycles. The highest BCUT2D eigenvalue weighted by Gasteiger charge is 2.18. The molecule has 2 aromatic heterocycles. The topological polar surface area (TPSA) is 77.8 Å². The van der Waals surface area contributed by atoms with E-state index in [0.717, 1.165) is 11.8 Å². The fourth-order valence-electron chi connectivity index (χ4n) is 1.82. The van der Waals surface area contributed by atoms with E-state index in [1.54, 1.807) is 0 Å². The number of pyridine rings is 1. The zero-order valence-electron chi connectivity index (χ0n) is 10.4. The van der Waals surface area contributed by atoms with Crippen LogP contribution >= 0.6 is 0 Å². The SMILES string of the molecule is NC(c1ccccc1)c1nnc(-c2ccncc2F)o1. The first-order chi connectivity index (χ1) is 9.75. The maximum atomic E-state index is 13.6. The average molecular weight is 270 g/mol. The molecular formula is C14H11FN4O. The van der Waals surface area contributed by atoms with Gasteiger partial charge in [-0.1, -0.05) is 30.3 Å². The fourth-order valence-corrected chi connectivity index (χ4v) is 1.82. The number of hydrogen-bond donors (Lipinski definition) is 1. The molecule has 0 bridgehead atoms. The van der Waals surface area contributed by atoms with Crippen molar-refractivity contribution >= 4 is 0 Å². The van der Waals surface area contributed by atoms with Crippen LogP contribution in [-0.4, -0.2) is 15.2 Å². The van der Waals surface area contributed by atoms with Gasteiger partial charge in [-0.05, 0) is 11.6 Å². The molecule has 0 aliphatic heterocycles. The summed E-state index contributed by atoms with van der Waals surface area (Å²) >= 11 is 0. The predicted octanol–water partition coefficient (Wildman–Crippen LogP) is 2.32. The first-order valence-electron chi connectivity index (χ1n) is 5.99. The number of nitrogens with zero attached hydrogens (tertiary/aromatic N) is 3. The Balaban J connectivity index is 1.93. The second kappa shape index (κ2) is 5.18. The van der Waals surface area contributed by atoms with Gasteiger partial charge in [0.2, 0.25) is 5.89 Å². The molecule has 1 aromatic carbocycles. The predicted molar refractivity (Wildman–Crippen MR) is 70.0 cm³/mol. The van der Waals surface area contributed by atoms with Crippen LogP contribution in [0.15, 0.2) is 53.2 Å². The van der Waals surface area contributed by atoms with Gasteiger partial charge in [-0.25, -0.2) is 4.39 Å². The highest BCUT2D eigenvalue weighted by molar-refractivity contribution is 5.52. The van der Waals surface area contributed by atoms with Crippen molar-refractivity contribution in [3.05, 3.63) is 66.1 Å². The van der Waals surface area contributed by atoms with Crippen molar-refractivity contribution in [3.63, 3.8) is 0 Å². The summed E-state index contributed by atoms with van der Waals surface area (Å²) in [6.45, 7) is 0. The summed E-state index contributed by atoms with van der Waals surface area (Å²) in [5.74, 6) is -0.190. The molecule has 1 atom stereocenters. The molecule has 6 heteroatoms. The first-order valence-corrected chi connectivity index (χ1v) is 5.99. The summed E-state index contributed by atoms with van der Waals surface area (Å²) in [7, 11) is 0. The van der Waals surface area contributed by atoms with Gasteiger partial charge in [-0.2, -0.15) is 0 Å². The average Bonchev–Trinajstić information content (AvgIpc) is 2.97. The Labute approximate surface area is 114 Å². The van der Waals surface area contributed by atoms with Gasteiger partial charge in [-0.15, -0.1) is 10.2 Å². The molecule has 0 radical (unpaired) electrons. The number of nitrogens with two attached hydrogens (primary N) is 1. The molecule has 1 unspecified atom stereocenters. The van der Waals surface area contributed by atoms with E-state index in [1.165, 1.54) is 12.3 Å². The van der Waals surface area contributed by atoms with E-state index in [2.05, 4.69) is 15.2 Å². The van der Waals surface area contributed by atoms with E-state index in [1.807, 2.05) is 30.3 Å². The van der Waals surface area contributed by atoms with Gasteiger partial charge in [-0.3, -0.25) is 4.98 Å². The molecule has 0 fully saturated rings. The molecule has 0 aliphatic carbocycles. The van der Waals surface area contributed by atoms with E-state index in [9.17, 15) is 4.39 Å². The number of halogens is 1. The molecule has 2 N–H and O–H groups in total. The van der Waals surface area contributed by atoms with Crippen LogP contribution in [0.5, 0.6) is 0 Å². The highest BCUT2D eigenvalue weighted by Crippen LogP contribution is 2.24. The third-order valence-electron chi connectivity index (χ3n) is 2.87. The van der Waals surface area contributed by atoms with Crippen molar-refractivity contribution < 1.29 is 8.81 Å². The van der Waals surface area contributed by atoms with Crippen LogP contribution in [0, 0.1) is 5.82 Å². The molecule has 2 heterocycles. The Bertz CT molecular complexity index is 714. The van der Waals surface area contributed by atoms with Gasteiger partial charge in [0.25, 0.3) is 5.89 Å². The standard InChI is InChI=1S/C14H11FN4O/c15-11-8-17-7-6-10(11)13-18-19-14(20-13)12(16)9-4-2-1-3-5-9/h1-8,12H,16H2. The van der Waals surface area contributed by atoms with Gasteiger partial charge in [0.1, 0.15) is 6.04 Å². The van der Waals surface area contributed by atoms with E-state index in [4.69, 9.17) is 10.2 Å². The van der Waals surface area contributed by atoms with Crippen LogP contribution in [0.25, 0.3) is 11.5 Å². The highest BCUT2D eigenvalue weighted by atomic mass is 19.1. The maximum Gasteiger partial charge on any atom is 0.250 e. The Kier molecular flexibility index (Phi) is 3.22. The van der Waals surface area contributed by atoms with Crippen LogP contribution < -0.4 is 5.73 Å². The maximum absolute atomic E-state index is 13.6. The molecule has 3 rings (SSSR count). The third kappa shape index (κ3) is 2.28. The van der Waals surface area contributed by atoms with Crippen molar-refractivity contribution in [2.75, 3.05) is 0 Å². The van der Waals surface area contributed by atoms with Crippen LogP contribution in [-0.2, 0) is 0 Å². The van der Waals surface area contributed by atoms with E-state index in [-0.39, 0.29) is 17.3 Å². The van der Waals surface area contributed by atoms with Crippen LogP contribution in [0.1, 0.15) is 17.5 Å². The van der Waals surface area contributed by atoms with Crippen LogP contribution in [0.4, 0.5) is 4.39 Å². The number of rotatable bonds is 3. The van der Waals surface area contributed by atoms with Gasteiger partial charge < -0.3 is 10.2 Å². The third-order valence-corrected chi connectivity index (χ3v) is 2.87. The monoisotopic (exact) mass is 270 g/mol. The minimum Gasteiger partial charge on any atom is -0.418 e. The van der Waals surface area contributed by atoms with Crippen molar-refractivity contribution in [1.29, 1.82) is 0 Å². The lowest BCUT2D eigenvalue weighted by Crippen LogP contribution is -2.11. The van der Waals surface area contributed by atoms with Crippen molar-refractivity contribution in [1.82, 2.24) is 15.2 Å². The number of aromatic nitrogens is 3.